The quantitative estimate of drug-likeness (QED) is 0.776. The second-order valence-electron chi connectivity index (χ2n) is 2.75. The lowest BCUT2D eigenvalue weighted by atomic mass is 10.2. The maximum absolute atomic E-state index is 11.0. The zero-order valence-electron chi connectivity index (χ0n) is 7.29. The molecule has 0 aliphatic carbocycles. The molecule has 1 aromatic carbocycles. The van der Waals surface area contributed by atoms with E-state index < -0.39 is 9.05 Å². The molecule has 0 fully saturated rings. The summed E-state index contributed by atoms with van der Waals surface area (Å²) in [4.78, 5) is 0.0797. The number of rotatable bonds is 2. The molecule has 0 aliphatic heterocycles. The second-order valence-corrected chi connectivity index (χ2v) is 5.93. The Bertz CT molecular complexity index is 549. The SMILES string of the molecule is O=S(=O)(Cl)c1ccc(-c2csnn2)cc1. The third-order valence-corrected chi connectivity index (χ3v) is 3.67. The number of hydrogen-bond donors (Lipinski definition) is 0. The molecule has 0 radical (unpaired) electrons. The van der Waals surface area contributed by atoms with Gasteiger partial charge in [0.1, 0.15) is 5.69 Å². The first-order valence-corrected chi connectivity index (χ1v) is 7.04. The van der Waals surface area contributed by atoms with E-state index in [1.165, 1.54) is 23.7 Å². The minimum Gasteiger partial charge on any atom is -0.207 e. The Balaban J connectivity index is 2.42. The zero-order chi connectivity index (χ0) is 10.9. The van der Waals surface area contributed by atoms with E-state index in [1.54, 1.807) is 17.5 Å². The molecule has 2 rings (SSSR count). The van der Waals surface area contributed by atoms with E-state index in [2.05, 4.69) is 9.59 Å². The van der Waals surface area contributed by atoms with Gasteiger partial charge < -0.3 is 0 Å². The molecule has 0 bridgehead atoms. The molecule has 7 heteroatoms. The molecule has 1 aromatic heterocycles. The van der Waals surface area contributed by atoms with Crippen molar-refractivity contribution in [1.82, 2.24) is 9.59 Å². The summed E-state index contributed by atoms with van der Waals surface area (Å²) in [5.74, 6) is 0. The van der Waals surface area contributed by atoms with Crippen molar-refractivity contribution in [3.05, 3.63) is 29.6 Å². The molecule has 0 atom stereocenters. The fourth-order valence-corrected chi connectivity index (χ4v) is 2.31. The Hall–Kier alpha value is -0.980. The summed E-state index contributed by atoms with van der Waals surface area (Å²) in [7, 11) is 1.53. The number of aromatic nitrogens is 2. The van der Waals surface area contributed by atoms with E-state index in [1.807, 2.05) is 0 Å². The molecule has 2 aromatic rings. The number of nitrogens with zero attached hydrogens (tertiary/aromatic N) is 2. The van der Waals surface area contributed by atoms with Crippen LogP contribution in [0, 0.1) is 0 Å². The van der Waals surface area contributed by atoms with Crippen LogP contribution in [0.3, 0.4) is 0 Å². The van der Waals surface area contributed by atoms with Gasteiger partial charge in [-0.05, 0) is 23.7 Å². The second kappa shape index (κ2) is 3.88. The molecule has 0 amide bonds. The minimum absolute atomic E-state index is 0.0797. The average molecular weight is 261 g/mol. The van der Waals surface area contributed by atoms with Gasteiger partial charge >= 0.3 is 0 Å². The summed E-state index contributed by atoms with van der Waals surface area (Å²) in [6.45, 7) is 0. The maximum Gasteiger partial charge on any atom is 0.261 e. The van der Waals surface area contributed by atoms with Gasteiger partial charge in [-0.1, -0.05) is 16.6 Å². The van der Waals surface area contributed by atoms with Gasteiger partial charge in [-0.15, -0.1) is 5.10 Å². The summed E-state index contributed by atoms with van der Waals surface area (Å²) >= 11 is 1.24. The van der Waals surface area contributed by atoms with Gasteiger partial charge in [0, 0.05) is 21.6 Å². The van der Waals surface area contributed by atoms with Crippen LogP contribution in [0.25, 0.3) is 11.3 Å². The highest BCUT2D eigenvalue weighted by Crippen LogP contribution is 2.21. The van der Waals surface area contributed by atoms with Crippen molar-refractivity contribution < 1.29 is 8.42 Å². The molecule has 15 heavy (non-hydrogen) atoms. The number of benzene rings is 1. The first kappa shape index (κ1) is 10.5. The summed E-state index contributed by atoms with van der Waals surface area (Å²) in [6, 6.07) is 6.17. The molecule has 0 saturated carbocycles. The van der Waals surface area contributed by atoms with Crippen molar-refractivity contribution in [3.8, 4) is 11.3 Å². The standard InChI is InChI=1S/C8H5ClN2O2S2/c9-15(12,13)7-3-1-6(2-4-7)8-5-14-11-10-8/h1-5H. The van der Waals surface area contributed by atoms with Crippen LogP contribution in [0.15, 0.2) is 34.5 Å². The van der Waals surface area contributed by atoms with E-state index in [-0.39, 0.29) is 4.90 Å². The highest BCUT2D eigenvalue weighted by Gasteiger charge is 2.09. The van der Waals surface area contributed by atoms with Crippen molar-refractivity contribution in [1.29, 1.82) is 0 Å². The molecule has 1 heterocycles. The summed E-state index contributed by atoms with van der Waals surface area (Å²) in [6.07, 6.45) is 0. The lowest BCUT2D eigenvalue weighted by Crippen LogP contribution is -1.89. The number of hydrogen-bond acceptors (Lipinski definition) is 5. The van der Waals surface area contributed by atoms with E-state index in [4.69, 9.17) is 10.7 Å². The lowest BCUT2D eigenvalue weighted by molar-refractivity contribution is 0.609. The summed E-state index contributed by atoms with van der Waals surface area (Å²) in [5.41, 5.74) is 1.53. The Labute approximate surface area is 95.1 Å². The smallest absolute Gasteiger partial charge is 0.207 e. The molecule has 0 saturated heterocycles. The van der Waals surface area contributed by atoms with E-state index in [0.29, 0.717) is 0 Å². The van der Waals surface area contributed by atoms with E-state index in [9.17, 15) is 8.42 Å². The van der Waals surface area contributed by atoms with Crippen LogP contribution in [0.5, 0.6) is 0 Å². The fraction of sp³-hybridized carbons (Fsp3) is 0. The van der Waals surface area contributed by atoms with Gasteiger partial charge in [-0.2, -0.15) is 0 Å². The monoisotopic (exact) mass is 260 g/mol. The van der Waals surface area contributed by atoms with Gasteiger partial charge in [0.05, 0.1) is 4.90 Å². The predicted molar refractivity (Wildman–Crippen MR) is 58.4 cm³/mol. The third kappa shape index (κ3) is 2.34. The van der Waals surface area contributed by atoms with Crippen LogP contribution in [0.2, 0.25) is 0 Å². The molecular formula is C8H5ClN2O2S2. The molecule has 78 valence electrons. The first-order valence-electron chi connectivity index (χ1n) is 3.89. The van der Waals surface area contributed by atoms with Crippen LogP contribution in [-0.4, -0.2) is 18.0 Å². The summed E-state index contributed by atoms with van der Waals surface area (Å²) in [5, 5.41) is 5.65. The van der Waals surface area contributed by atoms with Gasteiger partial charge in [-0.3, -0.25) is 0 Å². The minimum atomic E-state index is -3.65. The molecule has 0 aliphatic rings. The highest BCUT2D eigenvalue weighted by molar-refractivity contribution is 8.13. The van der Waals surface area contributed by atoms with Gasteiger partial charge in [0.15, 0.2) is 0 Å². The lowest BCUT2D eigenvalue weighted by Gasteiger charge is -1.97. The Morgan fingerprint density at radius 3 is 2.33 bits per heavy atom. The molecule has 0 N–H and O–H groups in total. The Kier molecular flexibility index (Phi) is 2.72. The fourth-order valence-electron chi connectivity index (χ4n) is 1.08. The zero-order valence-corrected chi connectivity index (χ0v) is 9.68. The van der Waals surface area contributed by atoms with Crippen molar-refractivity contribution in [2.24, 2.45) is 0 Å². The van der Waals surface area contributed by atoms with Crippen LogP contribution >= 0.6 is 22.2 Å². The van der Waals surface area contributed by atoms with Gasteiger partial charge in [0.25, 0.3) is 9.05 Å². The third-order valence-electron chi connectivity index (χ3n) is 1.79. The molecule has 4 nitrogen and oxygen atoms in total. The predicted octanol–water partition coefficient (Wildman–Crippen LogP) is 2.13. The van der Waals surface area contributed by atoms with E-state index >= 15 is 0 Å². The van der Waals surface area contributed by atoms with Crippen molar-refractivity contribution >= 4 is 31.3 Å². The van der Waals surface area contributed by atoms with Crippen LogP contribution in [-0.2, 0) is 9.05 Å². The van der Waals surface area contributed by atoms with Gasteiger partial charge in [-0.25, -0.2) is 8.42 Å². The van der Waals surface area contributed by atoms with Crippen molar-refractivity contribution in [2.45, 2.75) is 4.90 Å². The van der Waals surface area contributed by atoms with Crippen LogP contribution in [0.4, 0.5) is 0 Å². The average Bonchev–Trinajstić information content (AvgIpc) is 2.69. The first-order chi connectivity index (χ1) is 7.07. The highest BCUT2D eigenvalue weighted by atomic mass is 35.7. The van der Waals surface area contributed by atoms with E-state index in [0.717, 1.165) is 11.3 Å². The Morgan fingerprint density at radius 2 is 1.87 bits per heavy atom. The molecule has 0 unspecified atom stereocenters. The van der Waals surface area contributed by atoms with Crippen LogP contribution in [0.1, 0.15) is 0 Å². The van der Waals surface area contributed by atoms with Crippen molar-refractivity contribution in [2.75, 3.05) is 0 Å². The summed E-state index contributed by atoms with van der Waals surface area (Å²) < 4.78 is 25.7. The largest absolute Gasteiger partial charge is 0.261 e. The number of halogens is 1. The van der Waals surface area contributed by atoms with Gasteiger partial charge in [0.2, 0.25) is 0 Å². The normalized spacial score (nSPS) is 11.5. The van der Waals surface area contributed by atoms with Crippen molar-refractivity contribution in [3.63, 3.8) is 0 Å². The topological polar surface area (TPSA) is 59.9 Å². The van der Waals surface area contributed by atoms with Crippen LogP contribution < -0.4 is 0 Å². The maximum atomic E-state index is 11.0. The molecular weight excluding hydrogens is 256 g/mol. The molecule has 0 spiro atoms. The Morgan fingerprint density at radius 1 is 1.20 bits per heavy atom.